The van der Waals surface area contributed by atoms with Gasteiger partial charge in [-0.3, -0.25) is 0 Å². The molecule has 0 aliphatic rings. The third kappa shape index (κ3) is 7.85. The van der Waals surface area contributed by atoms with Crippen molar-refractivity contribution >= 4 is 35.6 Å². The third-order valence-electron chi connectivity index (χ3n) is 2.91. The Bertz CT molecular complexity index is 787. The summed E-state index contributed by atoms with van der Waals surface area (Å²) in [5.41, 5.74) is 5.58. The van der Waals surface area contributed by atoms with Crippen LogP contribution in [0.3, 0.4) is 0 Å². The van der Waals surface area contributed by atoms with Crippen LogP contribution < -0.4 is 20.5 Å². The van der Waals surface area contributed by atoms with Crippen LogP contribution in [0.25, 0.3) is 0 Å². The molecule has 3 N–H and O–H groups in total. The van der Waals surface area contributed by atoms with Crippen LogP contribution in [-0.4, -0.2) is 25.5 Å². The number of guanidine groups is 1. The number of aliphatic imine (C=N–C) groups is 1. The maximum atomic E-state index is 13.0. The molecule has 0 amide bonds. The minimum atomic E-state index is -4.85. The molecule has 0 fully saturated rings. The lowest BCUT2D eigenvalue weighted by atomic mass is 10.3. The number of hydrogen-bond acceptors (Lipinski definition) is 3. The van der Waals surface area contributed by atoms with Crippen LogP contribution in [0.5, 0.6) is 11.5 Å². The predicted octanol–water partition coefficient (Wildman–Crippen LogP) is 4.29. The van der Waals surface area contributed by atoms with E-state index in [1.165, 1.54) is 24.3 Å². The number of anilines is 1. The van der Waals surface area contributed by atoms with Crippen molar-refractivity contribution in [3.05, 3.63) is 54.1 Å². The van der Waals surface area contributed by atoms with Crippen LogP contribution in [0, 0.1) is 11.6 Å². The Morgan fingerprint density at radius 2 is 1.78 bits per heavy atom. The summed E-state index contributed by atoms with van der Waals surface area (Å²) >= 11 is 0. The molecular formula is C16H15F5IN3O2. The molecule has 0 saturated heterocycles. The Morgan fingerprint density at radius 3 is 2.44 bits per heavy atom. The van der Waals surface area contributed by atoms with E-state index in [-0.39, 0.29) is 54.5 Å². The largest absolute Gasteiger partial charge is 0.573 e. The van der Waals surface area contributed by atoms with Gasteiger partial charge in [-0.05, 0) is 24.3 Å². The molecule has 5 nitrogen and oxygen atoms in total. The van der Waals surface area contributed by atoms with E-state index in [0.717, 1.165) is 18.2 Å². The van der Waals surface area contributed by atoms with Crippen LogP contribution >= 0.6 is 24.0 Å². The fourth-order valence-corrected chi connectivity index (χ4v) is 1.86. The van der Waals surface area contributed by atoms with Crippen LogP contribution in [0.15, 0.2) is 47.5 Å². The summed E-state index contributed by atoms with van der Waals surface area (Å²) in [6.45, 7) is 0.0221. The molecule has 0 radical (unpaired) electrons. The summed E-state index contributed by atoms with van der Waals surface area (Å²) in [4.78, 5) is 3.87. The molecule has 0 unspecified atom stereocenters. The zero-order valence-corrected chi connectivity index (χ0v) is 15.9. The molecule has 0 aliphatic heterocycles. The lowest BCUT2D eigenvalue weighted by Crippen LogP contribution is -2.25. The number of alkyl halides is 3. The fraction of sp³-hybridized carbons (Fsp3) is 0.188. The van der Waals surface area contributed by atoms with Crippen molar-refractivity contribution < 1.29 is 31.4 Å². The predicted molar refractivity (Wildman–Crippen MR) is 101 cm³/mol. The van der Waals surface area contributed by atoms with Crippen molar-refractivity contribution in [1.82, 2.24) is 0 Å². The SMILES string of the molecule is I.NC(=NCCOc1ccc(F)c(F)c1)Nc1ccccc1OC(F)(F)F. The van der Waals surface area contributed by atoms with Crippen LogP contribution in [-0.2, 0) is 0 Å². The number of nitrogens with one attached hydrogen (secondary N) is 1. The average Bonchev–Trinajstić information content (AvgIpc) is 2.55. The van der Waals surface area contributed by atoms with Gasteiger partial charge in [0.15, 0.2) is 23.3 Å². The molecule has 0 aliphatic carbocycles. The van der Waals surface area contributed by atoms with Crippen LogP contribution in [0.2, 0.25) is 0 Å². The van der Waals surface area contributed by atoms with Gasteiger partial charge in [0.05, 0.1) is 12.2 Å². The Hall–Kier alpha value is -2.31. The number of ether oxygens (including phenoxy) is 2. The zero-order valence-electron chi connectivity index (χ0n) is 13.6. The standard InChI is InChI=1S/C16H14F5N3O2.HI/c17-11-6-5-10(9-12(11)18)25-8-7-23-15(22)24-13-3-1-2-4-14(13)26-16(19,20)21;/h1-6,9H,7-8H2,(H3,22,23,24);1H. The lowest BCUT2D eigenvalue weighted by Gasteiger charge is -2.14. The van der Waals surface area contributed by atoms with Crippen LogP contribution in [0.4, 0.5) is 27.6 Å². The van der Waals surface area contributed by atoms with E-state index in [9.17, 15) is 22.0 Å². The number of nitrogens with zero attached hydrogens (tertiary/aromatic N) is 1. The average molecular weight is 503 g/mol. The van der Waals surface area contributed by atoms with E-state index in [1.807, 2.05) is 0 Å². The van der Waals surface area contributed by atoms with E-state index < -0.39 is 23.7 Å². The molecule has 2 aromatic rings. The lowest BCUT2D eigenvalue weighted by molar-refractivity contribution is -0.274. The zero-order chi connectivity index (χ0) is 19.2. The van der Waals surface area contributed by atoms with E-state index in [4.69, 9.17) is 10.5 Å². The van der Waals surface area contributed by atoms with Crippen molar-refractivity contribution in [3.8, 4) is 11.5 Å². The first-order chi connectivity index (χ1) is 12.2. The normalized spacial score (nSPS) is 11.5. The summed E-state index contributed by atoms with van der Waals surface area (Å²) < 4.78 is 71.9. The topological polar surface area (TPSA) is 68.9 Å². The van der Waals surface area contributed by atoms with Crippen molar-refractivity contribution in [3.63, 3.8) is 0 Å². The molecule has 2 aromatic carbocycles. The first-order valence-electron chi connectivity index (χ1n) is 7.24. The monoisotopic (exact) mass is 503 g/mol. The van der Waals surface area contributed by atoms with Gasteiger partial charge in [0.1, 0.15) is 12.4 Å². The molecule has 11 heteroatoms. The van der Waals surface area contributed by atoms with Gasteiger partial charge in [0, 0.05) is 6.07 Å². The second-order valence-corrected chi connectivity index (χ2v) is 4.86. The highest BCUT2D eigenvalue weighted by molar-refractivity contribution is 14.0. The molecule has 2 rings (SSSR count). The quantitative estimate of drug-likeness (QED) is 0.203. The second-order valence-electron chi connectivity index (χ2n) is 4.86. The minimum Gasteiger partial charge on any atom is -0.492 e. The number of benzene rings is 2. The van der Waals surface area contributed by atoms with Crippen molar-refractivity contribution in [1.29, 1.82) is 0 Å². The number of nitrogens with two attached hydrogens (primary N) is 1. The maximum absolute atomic E-state index is 13.0. The van der Waals surface area contributed by atoms with Gasteiger partial charge in [-0.25, -0.2) is 13.8 Å². The van der Waals surface area contributed by atoms with E-state index in [2.05, 4.69) is 15.0 Å². The Morgan fingerprint density at radius 1 is 1.07 bits per heavy atom. The Kier molecular flexibility index (Phi) is 8.53. The molecule has 0 atom stereocenters. The van der Waals surface area contributed by atoms with Gasteiger partial charge >= 0.3 is 6.36 Å². The van der Waals surface area contributed by atoms with Gasteiger partial charge in [-0.1, -0.05) is 12.1 Å². The van der Waals surface area contributed by atoms with E-state index in [0.29, 0.717) is 0 Å². The van der Waals surface area contributed by atoms with Gasteiger partial charge < -0.3 is 20.5 Å². The Labute approximate surface area is 168 Å². The number of hydrogen-bond donors (Lipinski definition) is 2. The summed E-state index contributed by atoms with van der Waals surface area (Å²) in [7, 11) is 0. The highest BCUT2D eigenvalue weighted by atomic mass is 127. The smallest absolute Gasteiger partial charge is 0.492 e. The van der Waals surface area contributed by atoms with E-state index >= 15 is 0 Å². The first-order valence-corrected chi connectivity index (χ1v) is 7.24. The summed E-state index contributed by atoms with van der Waals surface area (Å²) in [5, 5.41) is 2.49. The maximum Gasteiger partial charge on any atom is 0.573 e. The highest BCUT2D eigenvalue weighted by Crippen LogP contribution is 2.29. The molecule has 0 spiro atoms. The fourth-order valence-electron chi connectivity index (χ4n) is 1.86. The van der Waals surface area contributed by atoms with Gasteiger partial charge in [-0.2, -0.15) is 0 Å². The molecule has 0 heterocycles. The summed E-state index contributed by atoms with van der Waals surface area (Å²) in [6, 6.07) is 8.36. The molecule has 0 aromatic heterocycles. The van der Waals surface area contributed by atoms with Crippen molar-refractivity contribution in [2.24, 2.45) is 10.7 Å². The number of halogens is 6. The number of rotatable bonds is 6. The van der Waals surface area contributed by atoms with E-state index in [1.54, 1.807) is 0 Å². The van der Waals surface area contributed by atoms with Crippen LogP contribution in [0.1, 0.15) is 0 Å². The van der Waals surface area contributed by atoms with Gasteiger partial charge in [-0.15, -0.1) is 37.1 Å². The summed E-state index contributed by atoms with van der Waals surface area (Å²) in [5.74, 6) is -2.57. The highest BCUT2D eigenvalue weighted by Gasteiger charge is 2.32. The van der Waals surface area contributed by atoms with Gasteiger partial charge in [0.25, 0.3) is 0 Å². The first kappa shape index (κ1) is 22.7. The molecular weight excluding hydrogens is 488 g/mol. The summed E-state index contributed by atoms with van der Waals surface area (Å²) in [6.07, 6.45) is -4.85. The molecule has 148 valence electrons. The second kappa shape index (κ2) is 10.1. The molecule has 27 heavy (non-hydrogen) atoms. The minimum absolute atomic E-state index is 0. The van der Waals surface area contributed by atoms with Crippen molar-refractivity contribution in [2.45, 2.75) is 6.36 Å². The number of para-hydroxylation sites is 2. The molecule has 0 bridgehead atoms. The van der Waals surface area contributed by atoms with Crippen molar-refractivity contribution in [2.75, 3.05) is 18.5 Å². The molecule has 0 saturated carbocycles. The third-order valence-corrected chi connectivity index (χ3v) is 2.91. The van der Waals surface area contributed by atoms with Gasteiger partial charge in [0.2, 0.25) is 0 Å². The Balaban J connectivity index is 0.00000364.